The Hall–Kier alpha value is -4.69. The number of amides is 4. The number of aryl methyl sites for hydroxylation is 1. The fourth-order valence-corrected chi connectivity index (χ4v) is 10.4. The Kier molecular flexibility index (Phi) is 11.4. The van der Waals surface area contributed by atoms with Crippen molar-refractivity contribution in [2.75, 3.05) is 46.0 Å². The number of sulfonamides is 1. The number of carboxylic acid groups (broad SMARTS) is 1. The number of nitrogens with one attached hydrogen (secondary N) is 3. The highest BCUT2D eigenvalue weighted by molar-refractivity contribution is 7.91. The maximum absolute atomic E-state index is 14.9. The predicted molar refractivity (Wildman–Crippen MR) is 212 cm³/mol. The Morgan fingerprint density at radius 1 is 1.10 bits per heavy atom. The number of hydrogen-bond donors (Lipinski definition) is 4. The molecule has 2 aromatic rings. The van der Waals surface area contributed by atoms with E-state index in [4.69, 9.17) is 14.2 Å². The minimum atomic E-state index is -4.96. The summed E-state index contributed by atoms with van der Waals surface area (Å²) in [6, 6.07) is 1.93. The van der Waals surface area contributed by atoms with Crippen LogP contribution in [-0.4, -0.2) is 126 Å². The van der Waals surface area contributed by atoms with E-state index in [0.717, 1.165) is 18.0 Å². The third-order valence-corrected chi connectivity index (χ3v) is 15.3. The SMILES string of the molecule is CC1(S(=O)(=O)NC(=O)[C@@]23C[C@H]2C=CCCCCC[C@H](NC(=O)O)C(=O)N2C[C@@]4(CCc5c(c(C(F)(F)F)nc6ccc(OCCN7CCOCC7)cc56)O4)C[C@H]2C(=O)N3)CC1. The van der Waals surface area contributed by atoms with Gasteiger partial charge in [-0.15, -0.1) is 0 Å². The van der Waals surface area contributed by atoms with Crippen LogP contribution in [-0.2, 0) is 41.7 Å². The van der Waals surface area contributed by atoms with Crippen molar-refractivity contribution in [2.24, 2.45) is 5.92 Å². The van der Waals surface area contributed by atoms with Gasteiger partial charge in [0.1, 0.15) is 35.6 Å². The molecule has 1 spiro atoms. The number of rotatable bonds is 8. The van der Waals surface area contributed by atoms with Gasteiger partial charge in [0, 0.05) is 42.9 Å². The van der Waals surface area contributed by atoms with E-state index in [0.29, 0.717) is 76.0 Å². The molecule has 2 saturated carbocycles. The summed E-state index contributed by atoms with van der Waals surface area (Å²) >= 11 is 0. The van der Waals surface area contributed by atoms with Crippen molar-refractivity contribution >= 4 is 44.7 Å². The van der Waals surface area contributed by atoms with Crippen molar-refractivity contribution in [1.29, 1.82) is 0 Å². The van der Waals surface area contributed by atoms with E-state index in [2.05, 4.69) is 25.2 Å². The predicted octanol–water partition coefficient (Wildman–Crippen LogP) is 3.66. The number of carbonyl (C=O) groups is 4. The molecule has 16 nitrogen and oxygen atoms in total. The van der Waals surface area contributed by atoms with Crippen LogP contribution in [0.5, 0.6) is 11.5 Å². The minimum Gasteiger partial charge on any atom is -0.492 e. The number of pyridine rings is 1. The average Bonchev–Trinajstić information content (AvgIpc) is 4.10. The Balaban J connectivity index is 1.12. The molecule has 8 rings (SSSR count). The zero-order chi connectivity index (χ0) is 43.4. The van der Waals surface area contributed by atoms with Gasteiger partial charge >= 0.3 is 12.3 Å². The Labute approximate surface area is 350 Å². The quantitative estimate of drug-likeness (QED) is 0.281. The second kappa shape index (κ2) is 16.2. The second-order valence-corrected chi connectivity index (χ2v) is 19.6. The number of ether oxygens (including phenoxy) is 3. The monoisotopic (exact) mass is 876 g/mol. The maximum atomic E-state index is 14.9. The number of alkyl halides is 3. The van der Waals surface area contributed by atoms with Crippen LogP contribution in [0.2, 0.25) is 0 Å². The van der Waals surface area contributed by atoms with Crippen LogP contribution in [0.15, 0.2) is 30.4 Å². The van der Waals surface area contributed by atoms with E-state index < -0.39 is 85.3 Å². The molecule has 61 heavy (non-hydrogen) atoms. The summed E-state index contributed by atoms with van der Waals surface area (Å²) in [7, 11) is -4.11. The van der Waals surface area contributed by atoms with Gasteiger partial charge < -0.3 is 34.9 Å². The molecule has 4 amide bonds. The molecule has 332 valence electrons. The molecule has 5 heterocycles. The smallest absolute Gasteiger partial charge is 0.437 e. The van der Waals surface area contributed by atoms with E-state index in [1.54, 1.807) is 18.2 Å². The fraction of sp³-hybridized carbons (Fsp3) is 0.634. The third-order valence-electron chi connectivity index (χ3n) is 13.1. The molecule has 2 saturated heterocycles. The molecule has 6 aliphatic rings. The molecule has 0 radical (unpaired) electrons. The molecule has 4 aliphatic heterocycles. The lowest BCUT2D eigenvalue weighted by Gasteiger charge is -2.37. The van der Waals surface area contributed by atoms with Crippen molar-refractivity contribution in [3.63, 3.8) is 0 Å². The van der Waals surface area contributed by atoms with Crippen LogP contribution in [0, 0.1) is 5.92 Å². The lowest BCUT2D eigenvalue weighted by molar-refractivity contribution is -0.144. The summed E-state index contributed by atoms with van der Waals surface area (Å²) in [4.78, 5) is 62.2. The van der Waals surface area contributed by atoms with Gasteiger partial charge in [-0.2, -0.15) is 13.2 Å². The first-order valence-corrected chi connectivity index (χ1v) is 22.4. The number of fused-ring (bicyclic) bond motifs is 5. The lowest BCUT2D eigenvalue weighted by atomic mass is 9.87. The molecule has 1 aromatic heterocycles. The Bertz CT molecular complexity index is 2230. The summed E-state index contributed by atoms with van der Waals surface area (Å²) < 4.78 is 89.8. The second-order valence-electron chi connectivity index (χ2n) is 17.4. The van der Waals surface area contributed by atoms with E-state index >= 15 is 0 Å². The van der Waals surface area contributed by atoms with Crippen LogP contribution in [0.3, 0.4) is 0 Å². The van der Waals surface area contributed by atoms with Gasteiger partial charge in [-0.3, -0.25) is 24.0 Å². The topological polar surface area (TPSA) is 206 Å². The van der Waals surface area contributed by atoms with Crippen molar-refractivity contribution in [3.05, 3.63) is 41.6 Å². The highest BCUT2D eigenvalue weighted by Gasteiger charge is 2.64. The van der Waals surface area contributed by atoms with Gasteiger partial charge in [-0.05, 0) is 76.5 Å². The van der Waals surface area contributed by atoms with E-state index in [9.17, 15) is 45.9 Å². The number of halogens is 3. The van der Waals surface area contributed by atoms with Gasteiger partial charge in [0.25, 0.3) is 5.91 Å². The Morgan fingerprint density at radius 2 is 1.87 bits per heavy atom. The minimum absolute atomic E-state index is 0.0394. The molecule has 0 bridgehead atoms. The number of allylic oxidation sites excluding steroid dienone is 1. The Morgan fingerprint density at radius 3 is 2.59 bits per heavy atom. The molecule has 1 aromatic carbocycles. The first kappa shape index (κ1) is 43.0. The summed E-state index contributed by atoms with van der Waals surface area (Å²) in [6.07, 6.45) is 0.185. The van der Waals surface area contributed by atoms with Crippen LogP contribution in [0.4, 0.5) is 18.0 Å². The van der Waals surface area contributed by atoms with Crippen molar-refractivity contribution in [3.8, 4) is 11.5 Å². The van der Waals surface area contributed by atoms with Crippen molar-refractivity contribution < 1.29 is 60.1 Å². The van der Waals surface area contributed by atoms with Crippen molar-refractivity contribution in [2.45, 2.75) is 112 Å². The third kappa shape index (κ3) is 8.71. The van der Waals surface area contributed by atoms with Gasteiger partial charge in [0.2, 0.25) is 21.8 Å². The average molecular weight is 877 g/mol. The number of nitrogens with zero attached hydrogens (tertiary/aromatic N) is 3. The molecule has 4 N–H and O–H groups in total. The van der Waals surface area contributed by atoms with Crippen molar-refractivity contribution in [1.82, 2.24) is 30.1 Å². The summed E-state index contributed by atoms with van der Waals surface area (Å²) in [6.45, 7) is 4.87. The fourth-order valence-electron chi connectivity index (χ4n) is 9.06. The van der Waals surface area contributed by atoms with Gasteiger partial charge in [-0.25, -0.2) is 18.2 Å². The largest absolute Gasteiger partial charge is 0.492 e. The van der Waals surface area contributed by atoms with E-state index in [1.165, 1.54) is 13.0 Å². The number of hydrogen-bond acceptors (Lipinski definition) is 11. The molecule has 20 heteroatoms. The molecule has 2 aliphatic carbocycles. The van der Waals surface area contributed by atoms with E-state index in [1.807, 2.05) is 6.08 Å². The summed E-state index contributed by atoms with van der Waals surface area (Å²) in [5.74, 6) is -3.23. The molecule has 0 unspecified atom stereocenters. The normalized spacial score (nSPS) is 29.2. The van der Waals surface area contributed by atoms with Gasteiger partial charge in [-0.1, -0.05) is 25.0 Å². The highest BCUT2D eigenvalue weighted by Crippen LogP contribution is 2.50. The number of aromatic nitrogens is 1. The standard InChI is InChI=1S/C41H51F3N6O10S/c1-38(13-14-38)61(56,57)48-36(53)40-22-25(40)7-5-3-2-4-6-8-30(46-37(54)55)35(52)50-24-39(23-31(50)34(51)47-40)12-11-27-28-21-26(59-20-17-49-15-18-58-19-16-49)9-10-29(28)45-33(32(27)60-39)41(42,43)44/h5,7,9-10,21,25,30-31,46H,2-4,6,8,11-20,22-24H2,1H3,(H,47,51)(H,48,53)(H,54,55)/t25-,30+,31+,39-,40-/m1/s1. The van der Waals surface area contributed by atoms with Crippen LogP contribution in [0.25, 0.3) is 10.9 Å². The molecular formula is C41H51F3N6O10S. The first-order chi connectivity index (χ1) is 28.9. The maximum Gasteiger partial charge on any atom is 0.437 e. The van der Waals surface area contributed by atoms with Crippen LogP contribution in [0.1, 0.15) is 82.4 Å². The van der Waals surface area contributed by atoms with E-state index in [-0.39, 0.29) is 49.7 Å². The molecule has 4 fully saturated rings. The van der Waals surface area contributed by atoms with Gasteiger partial charge in [0.05, 0.1) is 30.0 Å². The summed E-state index contributed by atoms with van der Waals surface area (Å²) in [5, 5.41) is 15.1. The summed E-state index contributed by atoms with van der Waals surface area (Å²) in [5.41, 5.74) is -4.20. The zero-order valence-corrected chi connectivity index (χ0v) is 34.7. The number of morpholine rings is 1. The first-order valence-electron chi connectivity index (χ1n) is 20.9. The lowest BCUT2D eigenvalue weighted by Crippen LogP contribution is -2.58. The highest BCUT2D eigenvalue weighted by atomic mass is 32.2. The van der Waals surface area contributed by atoms with Gasteiger partial charge in [0.15, 0.2) is 11.4 Å². The number of benzene rings is 1. The zero-order valence-electron chi connectivity index (χ0n) is 33.9. The molecule has 5 atom stereocenters. The molecular weight excluding hydrogens is 826 g/mol. The van der Waals surface area contributed by atoms with Crippen LogP contribution < -0.4 is 24.8 Å². The number of carbonyl (C=O) groups excluding carboxylic acids is 3. The van der Waals surface area contributed by atoms with Crippen LogP contribution >= 0.6 is 0 Å².